The number of hydrogen-bond acceptors (Lipinski definition) is 9. The Labute approximate surface area is 124 Å². The maximum atomic E-state index is 13.4. The molecule has 11 nitrogen and oxygen atoms in total. The van der Waals surface area contributed by atoms with Gasteiger partial charge in [-0.3, -0.25) is 14.4 Å². The van der Waals surface area contributed by atoms with Gasteiger partial charge in [-0.1, -0.05) is 0 Å². The van der Waals surface area contributed by atoms with Crippen LogP contribution in [0.4, 0.5) is 8.78 Å². The van der Waals surface area contributed by atoms with Crippen LogP contribution >= 0.6 is 0 Å². The van der Waals surface area contributed by atoms with Gasteiger partial charge in [0.05, 0.1) is 11.5 Å². The summed E-state index contributed by atoms with van der Waals surface area (Å²) in [6.45, 7) is -0.520. The van der Waals surface area contributed by atoms with Crippen molar-refractivity contribution >= 4 is 26.2 Å². The van der Waals surface area contributed by atoms with Gasteiger partial charge in [-0.2, -0.15) is 30.6 Å². The molecule has 0 aromatic carbocycles. The smallest absolute Gasteiger partial charge is 0.370 e. The second-order valence-electron chi connectivity index (χ2n) is 4.44. The first-order chi connectivity index (χ1) is 9.72. The van der Waals surface area contributed by atoms with Crippen LogP contribution in [0.25, 0.3) is 0 Å². The van der Waals surface area contributed by atoms with Crippen molar-refractivity contribution in [3.8, 4) is 0 Å². The first-order valence-electron chi connectivity index (χ1n) is 5.68. The topological polar surface area (TPSA) is 183 Å². The Morgan fingerprint density at radius 3 is 2.18 bits per heavy atom. The molecule has 0 aliphatic carbocycles. The van der Waals surface area contributed by atoms with Crippen LogP contribution in [0.2, 0.25) is 0 Å². The molecule has 0 aromatic rings. The largest absolute Gasteiger partial charge is 0.411 e. The molecule has 1 atom stereocenters. The minimum absolute atomic E-state index is 0.520. The Balaban J connectivity index is 2.93. The van der Waals surface area contributed by atoms with E-state index in [-0.39, 0.29) is 0 Å². The van der Waals surface area contributed by atoms with E-state index in [1.165, 1.54) is 0 Å². The van der Waals surface area contributed by atoms with Crippen molar-refractivity contribution in [2.75, 3.05) is 18.1 Å². The lowest BCUT2D eigenvalue weighted by Crippen LogP contribution is -2.75. The lowest BCUT2D eigenvalue weighted by Gasteiger charge is -2.41. The monoisotopic (exact) mass is 367 g/mol. The molecule has 1 rings (SSSR count). The van der Waals surface area contributed by atoms with Crippen LogP contribution in [-0.2, 0) is 20.2 Å². The fourth-order valence-corrected chi connectivity index (χ4v) is 2.62. The van der Waals surface area contributed by atoms with Crippen LogP contribution in [0.5, 0.6) is 0 Å². The van der Waals surface area contributed by atoms with E-state index in [0.717, 1.165) is 0 Å². The molecule has 0 radical (unpaired) electrons. The van der Waals surface area contributed by atoms with Crippen molar-refractivity contribution < 1.29 is 34.7 Å². The van der Waals surface area contributed by atoms with Gasteiger partial charge < -0.3 is 11.1 Å². The normalized spacial score (nSPS) is 25.4. The quantitative estimate of drug-likeness (QED) is 0.207. The number of guanidine groups is 1. The minimum Gasteiger partial charge on any atom is -0.370 e. The molecule has 22 heavy (non-hydrogen) atoms. The first kappa shape index (κ1) is 18.9. The lowest BCUT2D eigenvalue weighted by atomic mass is 10.2. The van der Waals surface area contributed by atoms with E-state index in [9.17, 15) is 25.6 Å². The van der Waals surface area contributed by atoms with Gasteiger partial charge in [0.15, 0.2) is 11.7 Å². The van der Waals surface area contributed by atoms with Crippen molar-refractivity contribution in [3.63, 3.8) is 0 Å². The highest BCUT2D eigenvalue weighted by Gasteiger charge is 2.45. The van der Waals surface area contributed by atoms with E-state index < -0.39 is 62.6 Å². The highest BCUT2D eigenvalue weighted by atomic mass is 32.2. The number of nitrogens with one attached hydrogen (secondary N) is 3. The molecule has 1 aliphatic heterocycles. The Bertz CT molecular complexity index is 650. The molecule has 0 saturated carbocycles. The summed E-state index contributed by atoms with van der Waals surface area (Å²) in [5.41, 5.74) is 5.18. The van der Waals surface area contributed by atoms with Crippen molar-refractivity contribution in [2.24, 2.45) is 10.7 Å². The SMILES string of the molecule is NC1=NC(F)(F)NC(CCS(=O)(=O)O)(NCCS(=O)(=O)O)N1. The third kappa shape index (κ3) is 6.75. The third-order valence-corrected chi connectivity index (χ3v) is 3.93. The second kappa shape index (κ2) is 6.17. The maximum Gasteiger partial charge on any atom is 0.411 e. The molecule has 0 bridgehead atoms. The summed E-state index contributed by atoms with van der Waals surface area (Å²) in [6, 6.07) is 0. The highest BCUT2D eigenvalue weighted by molar-refractivity contribution is 7.86. The molecule has 0 fully saturated rings. The van der Waals surface area contributed by atoms with E-state index in [1.54, 1.807) is 5.32 Å². The first-order valence-corrected chi connectivity index (χ1v) is 8.90. The summed E-state index contributed by atoms with van der Waals surface area (Å²) in [5, 5.41) is 6.11. The highest BCUT2D eigenvalue weighted by Crippen LogP contribution is 2.20. The predicted molar refractivity (Wildman–Crippen MR) is 71.0 cm³/mol. The Hall–Kier alpha value is -1.13. The standard InChI is InChI=1S/C7H15F2N5O6S2/c8-7(9)13-5(10)12-6(14-7,1-3-21(15,16)17)11-2-4-22(18,19)20/h11,14H,1-4H2,(H3,10,12,13)(H,15,16,17)(H,18,19,20). The molecule has 15 heteroatoms. The number of nitrogens with two attached hydrogens (primary N) is 1. The maximum absolute atomic E-state index is 13.4. The van der Waals surface area contributed by atoms with Crippen molar-refractivity contribution in [3.05, 3.63) is 0 Å². The van der Waals surface area contributed by atoms with Gasteiger partial charge in [0.1, 0.15) is 0 Å². The zero-order valence-electron chi connectivity index (χ0n) is 11.0. The van der Waals surface area contributed by atoms with Crippen molar-refractivity contribution in [1.82, 2.24) is 16.0 Å². The number of alkyl halides is 2. The van der Waals surface area contributed by atoms with Crippen molar-refractivity contribution in [2.45, 2.75) is 18.4 Å². The predicted octanol–water partition coefficient (Wildman–Crippen LogP) is -2.55. The zero-order valence-corrected chi connectivity index (χ0v) is 12.6. The molecule has 7 N–H and O–H groups in total. The van der Waals surface area contributed by atoms with E-state index in [4.69, 9.17) is 14.8 Å². The number of hydrogen-bond donors (Lipinski definition) is 6. The lowest BCUT2D eigenvalue weighted by molar-refractivity contribution is -0.0757. The molecule has 1 unspecified atom stereocenters. The van der Waals surface area contributed by atoms with Gasteiger partial charge in [0.25, 0.3) is 20.2 Å². The molecule has 0 spiro atoms. The second-order valence-corrected chi connectivity index (χ2v) is 7.59. The summed E-state index contributed by atoms with van der Waals surface area (Å²) >= 11 is 0. The fourth-order valence-electron chi connectivity index (χ4n) is 1.69. The van der Waals surface area contributed by atoms with Crippen LogP contribution in [0.1, 0.15) is 6.42 Å². The minimum atomic E-state index is -4.48. The van der Waals surface area contributed by atoms with Crippen LogP contribution in [0.3, 0.4) is 0 Å². The molecule has 0 amide bonds. The van der Waals surface area contributed by atoms with Crippen LogP contribution in [0, 0.1) is 0 Å². The number of nitrogens with zero attached hydrogens (tertiary/aromatic N) is 1. The summed E-state index contributed by atoms with van der Waals surface area (Å²) in [6.07, 6.45) is -4.51. The molecule has 0 saturated heterocycles. The van der Waals surface area contributed by atoms with Gasteiger partial charge in [-0.15, -0.1) is 0 Å². The van der Waals surface area contributed by atoms with Crippen LogP contribution in [-0.4, -0.2) is 61.9 Å². The molecule has 1 heterocycles. The number of rotatable bonds is 7. The Morgan fingerprint density at radius 1 is 1.18 bits per heavy atom. The molecule has 0 aromatic heterocycles. The van der Waals surface area contributed by atoms with Crippen molar-refractivity contribution in [1.29, 1.82) is 0 Å². The Morgan fingerprint density at radius 2 is 1.73 bits per heavy atom. The molecule has 130 valence electrons. The average Bonchev–Trinajstić information content (AvgIpc) is 2.20. The molecular formula is C7H15F2N5O6S2. The summed E-state index contributed by atoms with van der Waals surface area (Å²) in [7, 11) is -8.86. The molecular weight excluding hydrogens is 352 g/mol. The van der Waals surface area contributed by atoms with Crippen LogP contribution in [0.15, 0.2) is 4.99 Å². The van der Waals surface area contributed by atoms with Gasteiger partial charge in [-0.25, -0.2) is 5.32 Å². The number of aliphatic imine (C=N–C) groups is 1. The summed E-state index contributed by atoms with van der Waals surface area (Å²) in [4.78, 5) is 2.73. The van der Waals surface area contributed by atoms with Gasteiger partial charge in [-0.05, 0) is 0 Å². The fraction of sp³-hybridized carbons (Fsp3) is 0.857. The Kier molecular flexibility index (Phi) is 5.30. The van der Waals surface area contributed by atoms with E-state index in [0.29, 0.717) is 0 Å². The third-order valence-electron chi connectivity index (χ3n) is 2.49. The number of halogens is 2. The summed E-state index contributed by atoms with van der Waals surface area (Å²) < 4.78 is 86.9. The zero-order chi connectivity index (χ0) is 17.2. The average molecular weight is 367 g/mol. The molecule has 1 aliphatic rings. The van der Waals surface area contributed by atoms with Gasteiger partial charge >= 0.3 is 6.17 Å². The van der Waals surface area contributed by atoms with Crippen LogP contribution < -0.4 is 21.7 Å². The van der Waals surface area contributed by atoms with Gasteiger partial charge in [0, 0.05) is 13.0 Å². The van der Waals surface area contributed by atoms with E-state index in [2.05, 4.69) is 15.6 Å². The van der Waals surface area contributed by atoms with E-state index in [1.807, 2.05) is 0 Å². The summed E-state index contributed by atoms with van der Waals surface area (Å²) in [5.74, 6) is -4.56. The van der Waals surface area contributed by atoms with Gasteiger partial charge in [0.2, 0.25) is 0 Å². The van der Waals surface area contributed by atoms with E-state index >= 15 is 0 Å².